The van der Waals surface area contributed by atoms with Gasteiger partial charge >= 0.3 is 0 Å². The number of aryl methyl sites for hydroxylation is 2. The van der Waals surface area contributed by atoms with Crippen LogP contribution >= 0.6 is 0 Å². The van der Waals surface area contributed by atoms with Crippen LogP contribution in [-0.2, 0) is 25.5 Å². The van der Waals surface area contributed by atoms with Gasteiger partial charge in [0.1, 0.15) is 0 Å². The Kier molecular flexibility index (Phi) is 10.6. The number of nitrogens with zero attached hydrogens (tertiary/aromatic N) is 3. The third-order valence-electron chi connectivity index (χ3n) is 8.11. The Morgan fingerprint density at radius 2 is 1.26 bits per heavy atom. The molecule has 0 atom stereocenters. The van der Waals surface area contributed by atoms with E-state index in [2.05, 4.69) is 141 Å². The van der Waals surface area contributed by atoms with Crippen LogP contribution < -0.4 is 0 Å². The van der Waals surface area contributed by atoms with Crippen LogP contribution in [0.1, 0.15) is 37.5 Å². The maximum absolute atomic E-state index is 4.59. The molecule has 0 saturated heterocycles. The fourth-order valence-electron chi connectivity index (χ4n) is 5.46. The Balaban J connectivity index is 0.000000260. The van der Waals surface area contributed by atoms with Crippen molar-refractivity contribution in [1.29, 1.82) is 0 Å². The SMILES string of the molecule is Cc1ccc(-c2ccc(-c3c[c-]c(-c4cc(C(C)(C)C)ccn4)cc3)c3ccncc23)cc1.Cc1ccnc(-c2[c-]cccc2)c1.[Ir]. The van der Waals surface area contributed by atoms with Gasteiger partial charge in [0, 0.05) is 50.3 Å². The van der Waals surface area contributed by atoms with Gasteiger partial charge in [-0.2, -0.15) is 0 Å². The van der Waals surface area contributed by atoms with Crippen molar-refractivity contribution in [2.45, 2.75) is 40.0 Å². The summed E-state index contributed by atoms with van der Waals surface area (Å²) >= 11 is 0. The Hall–Kier alpha value is -4.76. The van der Waals surface area contributed by atoms with Crippen LogP contribution in [0.4, 0.5) is 0 Å². The van der Waals surface area contributed by atoms with Gasteiger partial charge in [-0.1, -0.05) is 91.6 Å². The number of benzene rings is 4. The molecule has 0 bridgehead atoms. The van der Waals surface area contributed by atoms with Gasteiger partial charge in [-0.15, -0.1) is 65.7 Å². The van der Waals surface area contributed by atoms with Gasteiger partial charge in [-0.25, -0.2) is 0 Å². The van der Waals surface area contributed by atoms with Crippen LogP contribution in [0, 0.1) is 26.0 Å². The number of aromatic nitrogens is 3. The summed E-state index contributed by atoms with van der Waals surface area (Å²) in [6.45, 7) is 10.8. The standard InChI is InChI=1S/C31H27N2.C12H10N.Ir/c1-21-5-7-22(8-6-21)27-14-13-26(28-16-17-32-20-29(27)28)23-9-11-24(12-10-23)30-19-25(15-18-33-30)31(2,3)4;1-10-7-8-13-12(9-10)11-5-3-2-4-6-11;/h5-11,13-20H,1-4H3;2-5,7-9H,1H3;/q2*-1;. The molecule has 3 heterocycles. The van der Waals surface area contributed by atoms with Crippen molar-refractivity contribution in [3.8, 4) is 44.8 Å². The molecule has 7 aromatic rings. The number of rotatable bonds is 4. The summed E-state index contributed by atoms with van der Waals surface area (Å²) < 4.78 is 0. The van der Waals surface area contributed by atoms with Crippen LogP contribution in [0.3, 0.4) is 0 Å². The fourth-order valence-corrected chi connectivity index (χ4v) is 5.46. The van der Waals surface area contributed by atoms with Gasteiger partial charge in [0.05, 0.1) is 0 Å². The molecule has 4 aromatic carbocycles. The van der Waals surface area contributed by atoms with E-state index in [0.717, 1.165) is 33.5 Å². The Morgan fingerprint density at radius 3 is 1.91 bits per heavy atom. The second kappa shape index (κ2) is 14.8. The molecule has 0 aliphatic heterocycles. The van der Waals surface area contributed by atoms with Crippen LogP contribution in [0.2, 0.25) is 0 Å². The summed E-state index contributed by atoms with van der Waals surface area (Å²) in [6, 6.07) is 44.3. The molecule has 0 unspecified atom stereocenters. The normalized spacial score (nSPS) is 10.9. The quantitative estimate of drug-likeness (QED) is 0.167. The van der Waals surface area contributed by atoms with Crippen molar-refractivity contribution < 1.29 is 20.1 Å². The Labute approximate surface area is 292 Å². The second-order valence-corrected chi connectivity index (χ2v) is 12.6. The van der Waals surface area contributed by atoms with Crippen molar-refractivity contribution in [2.75, 3.05) is 0 Å². The molecule has 0 spiro atoms. The van der Waals surface area contributed by atoms with Gasteiger partial charge < -0.3 is 9.97 Å². The van der Waals surface area contributed by atoms with Crippen molar-refractivity contribution in [2.24, 2.45) is 0 Å². The zero-order valence-electron chi connectivity index (χ0n) is 27.4. The third kappa shape index (κ3) is 7.97. The van der Waals surface area contributed by atoms with E-state index < -0.39 is 0 Å². The minimum Gasteiger partial charge on any atom is -0.305 e. The topological polar surface area (TPSA) is 38.7 Å². The maximum atomic E-state index is 4.59. The van der Waals surface area contributed by atoms with E-state index in [0.29, 0.717) is 0 Å². The summed E-state index contributed by atoms with van der Waals surface area (Å²) in [5, 5.41) is 2.35. The van der Waals surface area contributed by atoms with Crippen LogP contribution in [-0.4, -0.2) is 15.0 Å². The summed E-state index contributed by atoms with van der Waals surface area (Å²) in [6.07, 6.45) is 7.55. The molecule has 0 N–H and O–H groups in total. The van der Waals surface area contributed by atoms with Crippen molar-refractivity contribution in [3.63, 3.8) is 0 Å². The molecule has 1 radical (unpaired) electrons. The van der Waals surface area contributed by atoms with E-state index in [9.17, 15) is 0 Å². The average Bonchev–Trinajstić information content (AvgIpc) is 3.09. The molecule has 4 heteroatoms. The molecular weight excluding hydrogens is 751 g/mol. The number of fused-ring (bicyclic) bond motifs is 1. The monoisotopic (exact) mass is 788 g/mol. The van der Waals surface area contributed by atoms with Crippen molar-refractivity contribution >= 4 is 10.8 Å². The molecule has 0 saturated carbocycles. The first-order valence-electron chi connectivity index (χ1n) is 15.6. The molecular formula is C43H37IrN3-2. The van der Waals surface area contributed by atoms with E-state index in [1.807, 2.05) is 55.1 Å². The van der Waals surface area contributed by atoms with Crippen molar-refractivity contribution in [1.82, 2.24) is 15.0 Å². The first-order valence-corrected chi connectivity index (χ1v) is 15.6. The molecule has 0 aliphatic carbocycles. The number of pyridine rings is 3. The largest absolute Gasteiger partial charge is 0.305 e. The van der Waals surface area contributed by atoms with Crippen LogP contribution in [0.15, 0.2) is 134 Å². The predicted octanol–water partition coefficient (Wildman–Crippen LogP) is 10.9. The minimum absolute atomic E-state index is 0. The Bertz CT molecular complexity index is 2080. The van der Waals surface area contributed by atoms with Gasteiger partial charge in [0.25, 0.3) is 0 Å². The molecule has 3 nitrogen and oxygen atoms in total. The molecule has 3 aromatic heterocycles. The summed E-state index contributed by atoms with van der Waals surface area (Å²) in [5.74, 6) is 0. The van der Waals surface area contributed by atoms with Gasteiger partial charge in [-0.3, -0.25) is 4.98 Å². The molecule has 7 rings (SSSR count). The smallest absolute Gasteiger partial charge is 0.0352 e. The first-order chi connectivity index (χ1) is 22.3. The summed E-state index contributed by atoms with van der Waals surface area (Å²) in [7, 11) is 0. The molecule has 0 amide bonds. The van der Waals surface area contributed by atoms with E-state index >= 15 is 0 Å². The molecule has 0 aliphatic rings. The van der Waals surface area contributed by atoms with E-state index in [-0.39, 0.29) is 25.5 Å². The number of hydrogen-bond donors (Lipinski definition) is 0. The number of hydrogen-bond acceptors (Lipinski definition) is 3. The van der Waals surface area contributed by atoms with Crippen molar-refractivity contribution in [3.05, 3.63) is 163 Å². The van der Waals surface area contributed by atoms with Gasteiger partial charge in [0.15, 0.2) is 0 Å². The van der Waals surface area contributed by atoms with E-state index in [1.54, 1.807) is 0 Å². The van der Waals surface area contributed by atoms with E-state index in [1.165, 1.54) is 38.8 Å². The summed E-state index contributed by atoms with van der Waals surface area (Å²) in [5.41, 5.74) is 12.6. The van der Waals surface area contributed by atoms with E-state index in [4.69, 9.17) is 0 Å². The minimum atomic E-state index is 0. The maximum Gasteiger partial charge on any atom is 0.0352 e. The fraction of sp³-hybridized carbons (Fsp3) is 0.140. The van der Waals surface area contributed by atoms with Crippen LogP contribution in [0.25, 0.3) is 55.5 Å². The molecule has 47 heavy (non-hydrogen) atoms. The van der Waals surface area contributed by atoms with Gasteiger partial charge in [0.2, 0.25) is 0 Å². The third-order valence-corrected chi connectivity index (χ3v) is 8.11. The zero-order chi connectivity index (χ0) is 32.1. The Morgan fingerprint density at radius 1 is 0.574 bits per heavy atom. The summed E-state index contributed by atoms with van der Waals surface area (Å²) in [4.78, 5) is 13.3. The first kappa shape index (κ1) is 33.6. The second-order valence-electron chi connectivity index (χ2n) is 12.6. The molecule has 0 fully saturated rings. The predicted molar refractivity (Wildman–Crippen MR) is 191 cm³/mol. The van der Waals surface area contributed by atoms with Crippen LogP contribution in [0.5, 0.6) is 0 Å². The average molecular weight is 788 g/mol. The zero-order valence-corrected chi connectivity index (χ0v) is 29.8. The van der Waals surface area contributed by atoms with Gasteiger partial charge in [-0.05, 0) is 70.9 Å². The molecule has 235 valence electrons.